The van der Waals surface area contributed by atoms with Gasteiger partial charge in [-0.15, -0.1) is 0 Å². The van der Waals surface area contributed by atoms with Crippen LogP contribution in [-0.2, 0) is 26.0 Å². The molecule has 214 valence electrons. The van der Waals surface area contributed by atoms with Crippen LogP contribution in [0, 0.1) is 0 Å². The first-order valence-electron chi connectivity index (χ1n) is 13.7. The van der Waals surface area contributed by atoms with Crippen LogP contribution in [0.2, 0.25) is 0 Å². The number of aliphatic hydroxyl groups excluding tert-OH is 1. The van der Waals surface area contributed by atoms with Gasteiger partial charge < -0.3 is 14.8 Å². The minimum absolute atomic E-state index is 0.0308. The summed E-state index contributed by atoms with van der Waals surface area (Å²) < 4.78 is 35.1. The Bertz CT molecular complexity index is 1690. The van der Waals surface area contributed by atoms with Crippen molar-refractivity contribution in [1.82, 2.24) is 19.9 Å². The second-order valence-electron chi connectivity index (χ2n) is 10.3. The summed E-state index contributed by atoms with van der Waals surface area (Å²) in [6.45, 7) is 3.95. The molecular formula is C30H33N5O5S. The zero-order valence-electron chi connectivity index (χ0n) is 23.0. The Morgan fingerprint density at radius 2 is 1.88 bits per heavy atom. The average molecular weight is 576 g/mol. The van der Waals surface area contributed by atoms with E-state index in [4.69, 9.17) is 4.74 Å². The summed E-state index contributed by atoms with van der Waals surface area (Å²) in [7, 11) is -4.08. The lowest BCUT2D eigenvalue weighted by atomic mass is 9.80. The smallest absolute Gasteiger partial charge is 0.338 e. The number of hydrogen-bond acceptors (Lipinski definition) is 8. The number of carbonyl (C=O) groups is 1. The quantitative estimate of drug-likeness (QED) is 0.155. The van der Waals surface area contributed by atoms with Gasteiger partial charge in [-0.05, 0) is 48.9 Å². The van der Waals surface area contributed by atoms with Crippen molar-refractivity contribution < 1.29 is 23.1 Å². The highest BCUT2D eigenvalue weighted by molar-refractivity contribution is 7.92. The lowest BCUT2D eigenvalue weighted by Gasteiger charge is -2.38. The molecule has 2 aromatic heterocycles. The summed E-state index contributed by atoms with van der Waals surface area (Å²) in [6, 6.07) is 16.8. The Balaban J connectivity index is 1.40. The van der Waals surface area contributed by atoms with E-state index in [-0.39, 0.29) is 33.9 Å². The summed E-state index contributed by atoms with van der Waals surface area (Å²) >= 11 is 0. The number of nitrogens with zero attached hydrogens (tertiary/aromatic N) is 3. The first kappa shape index (κ1) is 28.3. The first-order valence-corrected chi connectivity index (χ1v) is 15.2. The fraction of sp³-hybridized carbons (Fsp3) is 0.333. The van der Waals surface area contributed by atoms with Crippen LogP contribution in [-0.4, -0.2) is 45.0 Å². The summed E-state index contributed by atoms with van der Waals surface area (Å²) in [5.74, 6) is -0.988. The molecular weight excluding hydrogens is 542 g/mol. The number of nitrogens with one attached hydrogen (secondary N) is 2. The van der Waals surface area contributed by atoms with Crippen LogP contribution >= 0.6 is 0 Å². The lowest BCUT2D eigenvalue weighted by molar-refractivity contribution is -0.161. The number of H-pyrrole nitrogens is 1. The van der Waals surface area contributed by atoms with Gasteiger partial charge in [-0.1, -0.05) is 62.7 Å². The van der Waals surface area contributed by atoms with Gasteiger partial charge in [0.05, 0.1) is 11.9 Å². The highest BCUT2D eigenvalue weighted by Gasteiger charge is 2.43. The predicted molar refractivity (Wildman–Crippen MR) is 155 cm³/mol. The zero-order chi connectivity index (χ0) is 29.0. The number of hydrogen-bond donors (Lipinski definition) is 3. The van der Waals surface area contributed by atoms with Crippen LogP contribution in [0.25, 0.3) is 11.2 Å². The van der Waals surface area contributed by atoms with E-state index in [1.807, 2.05) is 44.2 Å². The number of aromatic amines is 1. The molecule has 41 heavy (non-hydrogen) atoms. The highest BCUT2D eigenvalue weighted by Crippen LogP contribution is 2.42. The summed E-state index contributed by atoms with van der Waals surface area (Å²) in [6.07, 6.45) is 6.02. The number of ether oxygens (including phenoxy) is 1. The topological polar surface area (TPSA) is 147 Å². The number of aromatic nitrogens is 4. The van der Waals surface area contributed by atoms with Gasteiger partial charge in [-0.3, -0.25) is 4.72 Å². The number of carbonyl (C=O) groups excluding carboxylic acids is 1. The van der Waals surface area contributed by atoms with E-state index in [1.54, 1.807) is 24.3 Å². The molecule has 11 heteroatoms. The number of cyclic esters (lactones) is 1. The molecule has 1 aliphatic heterocycles. The number of imidazole rings is 1. The maximum Gasteiger partial charge on any atom is 0.338 e. The molecule has 0 aliphatic carbocycles. The number of benzene rings is 2. The van der Waals surface area contributed by atoms with Crippen LogP contribution in [0.1, 0.15) is 63.0 Å². The minimum Gasteiger partial charge on any atom is -0.512 e. The van der Waals surface area contributed by atoms with Gasteiger partial charge in [0, 0.05) is 18.0 Å². The number of fused-ring (bicyclic) bond motifs is 1. The second kappa shape index (κ2) is 11.7. The molecule has 0 fully saturated rings. The SMILES string of the molecule is CCCC1(CCc2ccccc2)CC(O)=C(C(CC)c2cccc(NS(=O)(=O)c3ncnc4nc[nH]c34)c2)C(=O)O1. The van der Waals surface area contributed by atoms with Gasteiger partial charge in [0.1, 0.15) is 23.2 Å². The largest absolute Gasteiger partial charge is 0.512 e. The Kier molecular flexibility index (Phi) is 8.07. The van der Waals surface area contributed by atoms with E-state index in [0.717, 1.165) is 24.7 Å². The summed E-state index contributed by atoms with van der Waals surface area (Å²) in [5, 5.41) is 11.1. The Hall–Kier alpha value is -4.25. The van der Waals surface area contributed by atoms with Crippen molar-refractivity contribution in [3.8, 4) is 0 Å². The molecule has 0 saturated heterocycles. The molecule has 0 bridgehead atoms. The van der Waals surface area contributed by atoms with E-state index < -0.39 is 27.5 Å². The second-order valence-corrected chi connectivity index (χ2v) is 11.9. The lowest BCUT2D eigenvalue weighted by Crippen LogP contribution is -2.41. The summed E-state index contributed by atoms with van der Waals surface area (Å²) in [5.41, 5.74) is 1.99. The predicted octanol–water partition coefficient (Wildman–Crippen LogP) is 5.58. The van der Waals surface area contributed by atoms with Crippen molar-refractivity contribution in [1.29, 1.82) is 0 Å². The standard InChI is InChI=1S/C30H33N5O5S/c1-3-14-30(15-13-20-9-6-5-7-10-20)17-24(36)25(29(37)40-30)23(4-2)21-11-8-12-22(16-21)35-41(38,39)28-26-27(32-18-31-26)33-19-34-28/h5-12,16,18-19,23,35-36H,3-4,13-15,17H2,1-2H3,(H,31,32,33,34). The van der Waals surface area contributed by atoms with Gasteiger partial charge in [-0.2, -0.15) is 8.42 Å². The van der Waals surface area contributed by atoms with E-state index in [0.29, 0.717) is 30.5 Å². The summed E-state index contributed by atoms with van der Waals surface area (Å²) in [4.78, 5) is 28.2. The molecule has 2 aromatic carbocycles. The number of aliphatic hydroxyl groups is 1. The van der Waals surface area contributed by atoms with Crippen LogP contribution in [0.3, 0.4) is 0 Å². The van der Waals surface area contributed by atoms with Crippen molar-refractivity contribution in [2.45, 2.75) is 68.9 Å². The van der Waals surface area contributed by atoms with Gasteiger partial charge >= 0.3 is 5.97 Å². The molecule has 0 spiro atoms. The number of aryl methyl sites for hydroxylation is 1. The van der Waals surface area contributed by atoms with Crippen LogP contribution in [0.4, 0.5) is 5.69 Å². The highest BCUT2D eigenvalue weighted by atomic mass is 32.2. The fourth-order valence-corrected chi connectivity index (χ4v) is 6.74. The number of esters is 1. The van der Waals surface area contributed by atoms with Crippen LogP contribution in [0.15, 0.2) is 83.6 Å². The molecule has 1 aliphatic rings. The fourth-order valence-electron chi connectivity index (χ4n) is 5.60. The van der Waals surface area contributed by atoms with Gasteiger partial charge in [0.2, 0.25) is 5.03 Å². The van der Waals surface area contributed by atoms with Crippen LogP contribution < -0.4 is 4.72 Å². The third-order valence-electron chi connectivity index (χ3n) is 7.49. The molecule has 2 atom stereocenters. The molecule has 2 unspecified atom stereocenters. The molecule has 5 rings (SSSR count). The third-order valence-corrected chi connectivity index (χ3v) is 8.81. The van der Waals surface area contributed by atoms with Gasteiger partial charge in [0.15, 0.2) is 5.65 Å². The van der Waals surface area contributed by atoms with E-state index >= 15 is 0 Å². The normalized spacial score (nSPS) is 18.3. The molecule has 0 amide bonds. The van der Waals surface area contributed by atoms with E-state index in [2.05, 4.69) is 24.7 Å². The van der Waals surface area contributed by atoms with Crippen molar-refractivity contribution in [3.63, 3.8) is 0 Å². The monoisotopic (exact) mass is 575 g/mol. The number of rotatable bonds is 11. The number of sulfonamides is 1. The Labute approximate surface area is 239 Å². The van der Waals surface area contributed by atoms with E-state index in [1.165, 1.54) is 6.33 Å². The Morgan fingerprint density at radius 1 is 1.07 bits per heavy atom. The maximum atomic E-state index is 13.5. The maximum absolute atomic E-state index is 13.5. The molecule has 0 saturated carbocycles. The van der Waals surface area contributed by atoms with Gasteiger partial charge in [-0.25, -0.2) is 19.7 Å². The molecule has 0 radical (unpaired) electrons. The van der Waals surface area contributed by atoms with Crippen molar-refractivity contribution in [2.75, 3.05) is 4.72 Å². The van der Waals surface area contributed by atoms with Crippen molar-refractivity contribution in [3.05, 3.63) is 89.7 Å². The van der Waals surface area contributed by atoms with E-state index in [9.17, 15) is 18.3 Å². The Morgan fingerprint density at radius 3 is 2.61 bits per heavy atom. The zero-order valence-corrected chi connectivity index (χ0v) is 23.8. The minimum atomic E-state index is -4.08. The van der Waals surface area contributed by atoms with Gasteiger partial charge in [0.25, 0.3) is 10.0 Å². The third kappa shape index (κ3) is 5.95. The van der Waals surface area contributed by atoms with Crippen molar-refractivity contribution >= 4 is 32.8 Å². The number of anilines is 1. The van der Waals surface area contributed by atoms with Crippen LogP contribution in [0.5, 0.6) is 0 Å². The molecule has 3 heterocycles. The molecule has 4 aromatic rings. The molecule has 3 N–H and O–H groups in total. The first-order chi connectivity index (χ1) is 19.7. The van der Waals surface area contributed by atoms with Crippen molar-refractivity contribution in [2.24, 2.45) is 0 Å². The average Bonchev–Trinajstić information content (AvgIpc) is 3.44. The molecule has 10 nitrogen and oxygen atoms in total.